The van der Waals surface area contributed by atoms with Crippen molar-refractivity contribution in [1.29, 1.82) is 0 Å². The van der Waals surface area contributed by atoms with Crippen molar-refractivity contribution in [1.82, 2.24) is 0 Å². The molecular formula is C4H7I2Mg. The average Bonchev–Trinajstić information content (AvgIpc) is 1.27. The van der Waals surface area contributed by atoms with E-state index >= 15 is 0 Å². The largest absolute Gasteiger partial charge is 0.552 e. The third kappa shape index (κ3) is 8.23. The predicted molar refractivity (Wildman–Crippen MR) is 51.9 cm³/mol. The van der Waals surface area contributed by atoms with E-state index in [4.69, 9.17) is 0 Å². The van der Waals surface area contributed by atoms with Gasteiger partial charge in [0.15, 0.2) is 0 Å². The number of hydrogen-bond acceptors (Lipinski definition) is 0. The lowest BCUT2D eigenvalue weighted by molar-refractivity contribution is 0.652. The van der Waals surface area contributed by atoms with Gasteiger partial charge in [0.05, 0.1) is 0 Å². The molecule has 7 heavy (non-hydrogen) atoms. The van der Waals surface area contributed by atoms with Crippen LogP contribution in [0.4, 0.5) is 0 Å². The van der Waals surface area contributed by atoms with E-state index in [1.807, 2.05) is 0 Å². The first-order valence-corrected chi connectivity index (χ1v) is 12.6. The SMILES string of the molecule is [CH]1CCC1.[I][Mg][I]. The van der Waals surface area contributed by atoms with Gasteiger partial charge in [-0.25, -0.2) is 0 Å². The Kier molecular flexibility index (Phi) is 10.8. The van der Waals surface area contributed by atoms with Crippen LogP contribution < -0.4 is 0 Å². The smallest absolute Gasteiger partial charge is 0.276 e. The minimum atomic E-state index is 0.357. The van der Waals surface area contributed by atoms with E-state index in [1.165, 1.54) is 19.3 Å². The van der Waals surface area contributed by atoms with Crippen LogP contribution >= 0.6 is 37.7 Å². The second-order valence-electron chi connectivity index (χ2n) is 1.32. The average molecular weight is 333 g/mol. The Labute approximate surface area is 74.7 Å². The van der Waals surface area contributed by atoms with Gasteiger partial charge in [-0.05, 0) is 6.42 Å². The molecule has 0 unspecified atom stereocenters. The molecule has 1 saturated carbocycles. The summed E-state index contributed by atoms with van der Waals surface area (Å²) in [7, 11) is 0. The molecule has 0 spiro atoms. The zero-order valence-corrected chi connectivity index (χ0v) is 9.89. The van der Waals surface area contributed by atoms with Crippen molar-refractivity contribution in [3.63, 3.8) is 0 Å². The van der Waals surface area contributed by atoms with Crippen molar-refractivity contribution in [2.24, 2.45) is 0 Å². The molecule has 0 atom stereocenters. The van der Waals surface area contributed by atoms with Gasteiger partial charge in [0, 0.05) is 0 Å². The monoisotopic (exact) mass is 333 g/mol. The Hall–Kier alpha value is 2.23. The maximum Gasteiger partial charge on any atom is 0.552 e. The topological polar surface area (TPSA) is 0 Å². The van der Waals surface area contributed by atoms with Crippen LogP contribution in [-0.2, 0) is 0 Å². The second kappa shape index (κ2) is 8.23. The molecule has 1 fully saturated rings. The Morgan fingerprint density at radius 1 is 1.29 bits per heavy atom. The first-order valence-electron chi connectivity index (χ1n) is 2.35. The lowest BCUT2D eigenvalue weighted by atomic mass is 10.0. The van der Waals surface area contributed by atoms with Crippen LogP contribution in [0.3, 0.4) is 0 Å². The highest BCUT2D eigenvalue weighted by Gasteiger charge is 1.95. The van der Waals surface area contributed by atoms with E-state index in [-0.39, 0.29) is 0 Å². The van der Waals surface area contributed by atoms with Gasteiger partial charge < -0.3 is 0 Å². The normalized spacial score (nSPS) is 15.1. The van der Waals surface area contributed by atoms with Crippen LogP contribution in [0.2, 0.25) is 0 Å². The van der Waals surface area contributed by atoms with E-state index in [2.05, 4.69) is 44.1 Å². The highest BCUT2D eigenvalue weighted by atomic mass is 127. The Morgan fingerprint density at radius 2 is 1.43 bits per heavy atom. The highest BCUT2D eigenvalue weighted by Crippen LogP contribution is 2.13. The molecule has 0 heterocycles. The van der Waals surface area contributed by atoms with Crippen LogP contribution in [0.15, 0.2) is 0 Å². The summed E-state index contributed by atoms with van der Waals surface area (Å²) in [4.78, 5) is 0. The maximum atomic E-state index is 2.41. The molecule has 1 radical (unpaired) electrons. The van der Waals surface area contributed by atoms with Crippen molar-refractivity contribution in [2.75, 3.05) is 0 Å². The lowest BCUT2D eigenvalue weighted by Gasteiger charge is -2.05. The van der Waals surface area contributed by atoms with Crippen molar-refractivity contribution < 1.29 is 0 Å². The molecule has 0 aliphatic heterocycles. The van der Waals surface area contributed by atoms with E-state index in [0.29, 0.717) is 12.6 Å². The van der Waals surface area contributed by atoms with Gasteiger partial charge >= 0.3 is 12.6 Å². The van der Waals surface area contributed by atoms with Crippen LogP contribution in [-0.4, -0.2) is 12.6 Å². The van der Waals surface area contributed by atoms with E-state index < -0.39 is 0 Å². The van der Waals surface area contributed by atoms with E-state index in [9.17, 15) is 0 Å². The van der Waals surface area contributed by atoms with Crippen molar-refractivity contribution in [2.45, 2.75) is 19.3 Å². The molecule has 39 valence electrons. The van der Waals surface area contributed by atoms with Crippen LogP contribution in [0.1, 0.15) is 19.3 Å². The summed E-state index contributed by atoms with van der Waals surface area (Å²) in [6.45, 7) is 0. The van der Waals surface area contributed by atoms with E-state index in [1.54, 1.807) is 0 Å². The quantitative estimate of drug-likeness (QED) is 0.472. The molecule has 0 aromatic carbocycles. The van der Waals surface area contributed by atoms with Gasteiger partial charge in [0.1, 0.15) is 0 Å². The Balaban J connectivity index is 0.000000110. The van der Waals surface area contributed by atoms with Gasteiger partial charge in [-0.3, -0.25) is 37.7 Å². The summed E-state index contributed by atoms with van der Waals surface area (Å²) in [5.74, 6) is 0. The molecule has 0 N–H and O–H groups in total. The molecular weight excluding hydrogens is 326 g/mol. The van der Waals surface area contributed by atoms with Crippen molar-refractivity contribution >= 4 is 50.3 Å². The van der Waals surface area contributed by atoms with Gasteiger partial charge in [0.2, 0.25) is 0 Å². The fraction of sp³-hybridized carbons (Fsp3) is 0.750. The summed E-state index contributed by atoms with van der Waals surface area (Å²) in [5, 5.41) is 0. The third-order valence-corrected chi connectivity index (χ3v) is 0.816. The third-order valence-electron chi connectivity index (χ3n) is 0.816. The minimum Gasteiger partial charge on any atom is -0.276 e. The summed E-state index contributed by atoms with van der Waals surface area (Å²) in [5.41, 5.74) is 0. The van der Waals surface area contributed by atoms with E-state index in [0.717, 1.165) is 0 Å². The molecule has 0 aromatic rings. The zero-order chi connectivity index (χ0) is 5.54. The van der Waals surface area contributed by atoms with Crippen molar-refractivity contribution in [3.8, 4) is 0 Å². The van der Waals surface area contributed by atoms with Gasteiger partial charge in [0.25, 0.3) is 0 Å². The lowest BCUT2D eigenvalue weighted by Crippen LogP contribution is -1.87. The van der Waals surface area contributed by atoms with Gasteiger partial charge in [-0.15, -0.1) is 0 Å². The molecule has 1 aliphatic rings. The molecule has 0 nitrogen and oxygen atoms in total. The Bertz CT molecular complexity index is 24.9. The molecule has 0 amide bonds. The number of halogens is 2. The molecule has 3 heteroatoms. The summed E-state index contributed by atoms with van der Waals surface area (Å²) in [6, 6.07) is 0. The molecule has 0 aromatic heterocycles. The molecule has 0 saturated heterocycles. The molecule has 1 rings (SSSR count). The van der Waals surface area contributed by atoms with Crippen molar-refractivity contribution in [3.05, 3.63) is 6.42 Å². The Morgan fingerprint density at radius 3 is 1.43 bits per heavy atom. The highest BCUT2D eigenvalue weighted by molar-refractivity contribution is 14.3. The first-order chi connectivity index (χ1) is 3.41. The fourth-order valence-corrected chi connectivity index (χ4v) is 0.204. The standard InChI is InChI=1S/C4H7.2HI.Mg/c1-2-4-3-1;;;/h1H,2-4H2;2*1H;/q;;;+2/p-2. The zero-order valence-electron chi connectivity index (χ0n) is 4.16. The molecule has 0 bridgehead atoms. The maximum absolute atomic E-state index is 2.41. The van der Waals surface area contributed by atoms with Gasteiger partial charge in [-0.1, -0.05) is 19.3 Å². The number of rotatable bonds is 0. The first kappa shape index (κ1) is 9.23. The van der Waals surface area contributed by atoms with Crippen LogP contribution in [0, 0.1) is 6.42 Å². The molecule has 1 aliphatic carbocycles. The minimum absolute atomic E-state index is 0.357. The van der Waals surface area contributed by atoms with Gasteiger partial charge in [-0.2, -0.15) is 0 Å². The predicted octanol–water partition coefficient (Wildman–Crippen LogP) is 2.77. The second-order valence-corrected chi connectivity index (χ2v) is 14.9. The summed E-state index contributed by atoms with van der Waals surface area (Å²) < 4.78 is 0. The summed E-state index contributed by atoms with van der Waals surface area (Å²) in [6.07, 6.45) is 6.50. The van der Waals surface area contributed by atoms with Crippen LogP contribution in [0.25, 0.3) is 0 Å². The van der Waals surface area contributed by atoms with Crippen LogP contribution in [0.5, 0.6) is 0 Å². The number of hydrogen-bond donors (Lipinski definition) is 0. The summed E-state index contributed by atoms with van der Waals surface area (Å²) >= 11 is 5.18. The fourth-order valence-electron chi connectivity index (χ4n) is 0.204.